The fraction of sp³-hybridized carbons (Fsp3) is 0.458. The number of carbonyl (C=O) groups excluding carboxylic acids is 1. The summed E-state index contributed by atoms with van der Waals surface area (Å²) in [5.41, 5.74) is 2.72. The van der Waals surface area contributed by atoms with Crippen LogP contribution in [0.4, 0.5) is 5.69 Å². The van der Waals surface area contributed by atoms with Gasteiger partial charge in [0.25, 0.3) is 5.91 Å². The number of carbonyl (C=O) groups is 1. The van der Waals surface area contributed by atoms with E-state index in [0.29, 0.717) is 23.8 Å². The average Bonchev–Trinajstić information content (AvgIpc) is 2.65. The van der Waals surface area contributed by atoms with Crippen molar-refractivity contribution in [2.75, 3.05) is 5.32 Å². The number of benzene rings is 2. The number of ether oxygens (including phenoxy) is 1. The molecule has 0 bridgehead atoms. The molecule has 0 aliphatic rings. The highest BCUT2D eigenvalue weighted by Crippen LogP contribution is 2.27. The van der Waals surface area contributed by atoms with Crippen LogP contribution in [-0.2, 0) is 21.3 Å². The van der Waals surface area contributed by atoms with E-state index in [-0.39, 0.29) is 10.7 Å². The zero-order valence-corrected chi connectivity index (χ0v) is 19.1. The molecule has 0 radical (unpaired) electrons. The Bertz CT molecular complexity index is 855. The molecule has 2 aromatic carbocycles. The summed E-state index contributed by atoms with van der Waals surface area (Å²) in [5.74, 6) is 1.34. The molecule has 0 aromatic heterocycles. The minimum absolute atomic E-state index is 0.180. The Morgan fingerprint density at radius 1 is 1.10 bits per heavy atom. The smallest absolute Gasteiger partial charge is 0.265 e. The van der Waals surface area contributed by atoms with Crippen LogP contribution < -0.4 is 10.1 Å². The van der Waals surface area contributed by atoms with E-state index in [1.54, 1.807) is 0 Å². The molecular weight excluding hydrogens is 382 g/mol. The summed E-state index contributed by atoms with van der Waals surface area (Å²) >= 11 is 0. The number of hydrogen-bond acceptors (Lipinski definition) is 3. The van der Waals surface area contributed by atoms with Crippen molar-refractivity contribution in [3.05, 3.63) is 59.7 Å². The molecule has 0 saturated carbocycles. The molecule has 2 unspecified atom stereocenters. The Labute approximate surface area is 177 Å². The first kappa shape index (κ1) is 23.1. The van der Waals surface area contributed by atoms with Gasteiger partial charge in [0.2, 0.25) is 0 Å². The lowest BCUT2D eigenvalue weighted by Crippen LogP contribution is -2.32. The lowest BCUT2D eigenvalue weighted by atomic mass is 10.0. The molecule has 0 saturated heterocycles. The molecule has 2 atom stereocenters. The highest BCUT2D eigenvalue weighted by molar-refractivity contribution is 7.85. The van der Waals surface area contributed by atoms with Crippen LogP contribution in [0.15, 0.2) is 48.5 Å². The maximum atomic E-state index is 12.8. The van der Waals surface area contributed by atoms with Gasteiger partial charge in [0.1, 0.15) is 5.75 Å². The lowest BCUT2D eigenvalue weighted by molar-refractivity contribution is -0.122. The minimum Gasteiger partial charge on any atom is -0.480 e. The summed E-state index contributed by atoms with van der Waals surface area (Å²) in [6.07, 6.45) is -0.0197. The fourth-order valence-corrected chi connectivity index (χ4v) is 3.79. The molecule has 5 heteroatoms. The third-order valence-corrected chi connectivity index (χ3v) is 6.61. The molecule has 158 valence electrons. The maximum Gasteiger partial charge on any atom is 0.265 e. The highest BCUT2D eigenvalue weighted by atomic mass is 32.2. The van der Waals surface area contributed by atoms with Crippen molar-refractivity contribution in [1.29, 1.82) is 0 Å². The van der Waals surface area contributed by atoms with Crippen LogP contribution in [0.1, 0.15) is 65.0 Å². The largest absolute Gasteiger partial charge is 0.480 e. The lowest BCUT2D eigenvalue weighted by Gasteiger charge is -2.21. The van der Waals surface area contributed by atoms with E-state index in [9.17, 15) is 9.00 Å². The first-order valence-corrected chi connectivity index (χ1v) is 11.5. The van der Waals surface area contributed by atoms with E-state index in [2.05, 4.69) is 19.2 Å². The number of para-hydroxylation sites is 1. The van der Waals surface area contributed by atoms with Gasteiger partial charge in [-0.15, -0.1) is 0 Å². The molecule has 0 aliphatic carbocycles. The van der Waals surface area contributed by atoms with E-state index in [0.717, 1.165) is 16.9 Å². The van der Waals surface area contributed by atoms with Crippen LogP contribution in [-0.4, -0.2) is 21.0 Å². The third kappa shape index (κ3) is 6.70. The summed E-state index contributed by atoms with van der Waals surface area (Å²) < 4.78 is 18.2. The van der Waals surface area contributed by atoms with Gasteiger partial charge in [0, 0.05) is 27.0 Å². The standard InChI is InChI=1S/C24H33NO3S/c1-7-21(28-22-14-9-8-13-20(22)17(2)3)23(26)25-19-12-10-11-18(15-19)16-29(27)24(4,5)6/h8-15,17,21H,7,16H2,1-6H3,(H,25,26). The highest BCUT2D eigenvalue weighted by Gasteiger charge is 2.22. The molecular formula is C24H33NO3S. The predicted octanol–water partition coefficient (Wildman–Crippen LogP) is 5.65. The van der Waals surface area contributed by atoms with Crippen molar-refractivity contribution in [2.45, 2.75) is 70.5 Å². The molecule has 2 rings (SSSR count). The SMILES string of the molecule is CCC(Oc1ccccc1C(C)C)C(=O)Nc1cccc(CS(=O)C(C)(C)C)c1. The Kier molecular flexibility index (Phi) is 8.03. The minimum atomic E-state index is -0.991. The van der Waals surface area contributed by atoms with Crippen molar-refractivity contribution in [3.63, 3.8) is 0 Å². The first-order chi connectivity index (χ1) is 13.6. The van der Waals surface area contributed by atoms with Crippen LogP contribution in [0.2, 0.25) is 0 Å². The number of anilines is 1. The first-order valence-electron chi connectivity index (χ1n) is 10.2. The van der Waals surface area contributed by atoms with Gasteiger partial charge in [0.15, 0.2) is 6.10 Å². The van der Waals surface area contributed by atoms with Crippen molar-refractivity contribution in [3.8, 4) is 5.75 Å². The molecule has 1 amide bonds. The van der Waals surface area contributed by atoms with Gasteiger partial charge in [-0.2, -0.15) is 0 Å². The Morgan fingerprint density at radius 3 is 2.41 bits per heavy atom. The molecule has 0 heterocycles. The fourth-order valence-electron chi connectivity index (χ4n) is 2.87. The maximum absolute atomic E-state index is 12.8. The van der Waals surface area contributed by atoms with E-state index in [1.807, 2.05) is 76.2 Å². The summed E-state index contributed by atoms with van der Waals surface area (Å²) in [6, 6.07) is 15.4. The van der Waals surface area contributed by atoms with Gasteiger partial charge in [-0.3, -0.25) is 9.00 Å². The summed E-state index contributed by atoms with van der Waals surface area (Å²) in [5, 5.41) is 2.95. The van der Waals surface area contributed by atoms with E-state index >= 15 is 0 Å². The molecule has 4 nitrogen and oxygen atoms in total. The normalized spacial score (nSPS) is 13.8. The Hall–Kier alpha value is -2.14. The second-order valence-electron chi connectivity index (χ2n) is 8.50. The van der Waals surface area contributed by atoms with Gasteiger partial charge in [0.05, 0.1) is 0 Å². The van der Waals surface area contributed by atoms with E-state index in [1.165, 1.54) is 0 Å². The quantitative estimate of drug-likeness (QED) is 0.606. The molecule has 29 heavy (non-hydrogen) atoms. The molecule has 1 N–H and O–H groups in total. The third-order valence-electron chi connectivity index (χ3n) is 4.65. The molecule has 2 aromatic rings. The number of hydrogen-bond donors (Lipinski definition) is 1. The van der Waals surface area contributed by atoms with Crippen molar-refractivity contribution in [2.24, 2.45) is 0 Å². The van der Waals surface area contributed by atoms with Crippen LogP contribution in [0.3, 0.4) is 0 Å². The summed E-state index contributed by atoms with van der Waals surface area (Å²) in [4.78, 5) is 12.8. The molecule has 0 aliphatic heterocycles. The number of nitrogens with one attached hydrogen (secondary N) is 1. The number of amides is 1. The van der Waals surface area contributed by atoms with Gasteiger partial charge in [-0.25, -0.2) is 0 Å². The van der Waals surface area contributed by atoms with Crippen LogP contribution >= 0.6 is 0 Å². The van der Waals surface area contributed by atoms with Crippen LogP contribution in [0.5, 0.6) is 5.75 Å². The average molecular weight is 416 g/mol. The van der Waals surface area contributed by atoms with Crippen molar-refractivity contribution in [1.82, 2.24) is 0 Å². The predicted molar refractivity (Wildman–Crippen MR) is 122 cm³/mol. The second kappa shape index (κ2) is 10.1. The topological polar surface area (TPSA) is 55.4 Å². The zero-order chi connectivity index (χ0) is 21.6. The van der Waals surface area contributed by atoms with Crippen molar-refractivity contribution >= 4 is 22.4 Å². The zero-order valence-electron chi connectivity index (χ0n) is 18.3. The van der Waals surface area contributed by atoms with Gasteiger partial charge in [-0.05, 0) is 62.4 Å². The summed E-state index contributed by atoms with van der Waals surface area (Å²) in [6.45, 7) is 12.0. The Balaban J connectivity index is 2.10. The van der Waals surface area contributed by atoms with Crippen molar-refractivity contribution < 1.29 is 13.7 Å². The van der Waals surface area contributed by atoms with Gasteiger partial charge >= 0.3 is 0 Å². The Morgan fingerprint density at radius 2 is 1.79 bits per heavy atom. The number of rotatable bonds is 8. The summed E-state index contributed by atoms with van der Waals surface area (Å²) in [7, 11) is -0.991. The van der Waals surface area contributed by atoms with Crippen LogP contribution in [0, 0.1) is 0 Å². The van der Waals surface area contributed by atoms with Gasteiger partial charge < -0.3 is 10.1 Å². The molecule has 0 fully saturated rings. The van der Waals surface area contributed by atoms with Crippen LogP contribution in [0.25, 0.3) is 0 Å². The monoisotopic (exact) mass is 415 g/mol. The molecule has 0 spiro atoms. The van der Waals surface area contributed by atoms with E-state index in [4.69, 9.17) is 4.74 Å². The second-order valence-corrected chi connectivity index (χ2v) is 10.7. The van der Waals surface area contributed by atoms with E-state index < -0.39 is 16.9 Å². The van der Waals surface area contributed by atoms with Gasteiger partial charge in [-0.1, -0.05) is 51.1 Å².